The first-order valence-electron chi connectivity index (χ1n) is 7.33. The average molecular weight is 348 g/mol. The fourth-order valence-corrected chi connectivity index (χ4v) is 2.21. The number of aryl methyl sites for hydroxylation is 1. The molecule has 1 atom stereocenters. The van der Waals surface area contributed by atoms with Gasteiger partial charge in [0.25, 0.3) is 0 Å². The number of nitrogen functional groups attached to an aromatic ring is 1. The third kappa shape index (κ3) is 3.31. The Kier molecular flexibility index (Phi) is 4.36. The molecule has 3 rings (SSSR count). The van der Waals surface area contributed by atoms with E-state index >= 15 is 0 Å². The third-order valence-corrected chi connectivity index (χ3v) is 3.64. The molecule has 0 aliphatic carbocycles. The molecule has 1 aromatic carbocycles. The minimum atomic E-state index is -0.0265. The van der Waals surface area contributed by atoms with Crippen LogP contribution in [0.15, 0.2) is 18.2 Å². The predicted molar refractivity (Wildman–Crippen MR) is 95.4 cm³/mol. The maximum Gasteiger partial charge on any atom is 0.226 e. The number of anilines is 4. The first-order chi connectivity index (χ1) is 11.4. The molecule has 10 heteroatoms. The van der Waals surface area contributed by atoms with Crippen molar-refractivity contribution in [3.63, 3.8) is 0 Å². The lowest BCUT2D eigenvalue weighted by molar-refractivity contribution is 0.729. The highest BCUT2D eigenvalue weighted by molar-refractivity contribution is 6.33. The summed E-state index contributed by atoms with van der Waals surface area (Å²) in [6.45, 7) is 2.44. The predicted octanol–water partition coefficient (Wildman–Crippen LogP) is 1.50. The van der Waals surface area contributed by atoms with Gasteiger partial charge in [-0.25, -0.2) is 4.68 Å². The minimum Gasteiger partial charge on any atom is -0.397 e. The lowest BCUT2D eigenvalue weighted by Crippen LogP contribution is -2.26. The van der Waals surface area contributed by atoms with Gasteiger partial charge < -0.3 is 22.1 Å². The number of hydrogen-bond donors (Lipinski definition) is 4. The summed E-state index contributed by atoms with van der Waals surface area (Å²) >= 11 is 5.95. The van der Waals surface area contributed by atoms with E-state index in [9.17, 15) is 0 Å². The van der Waals surface area contributed by atoms with E-state index in [2.05, 4.69) is 30.9 Å². The van der Waals surface area contributed by atoms with E-state index in [0.717, 1.165) is 5.69 Å². The Bertz CT molecular complexity index is 874. The van der Waals surface area contributed by atoms with Gasteiger partial charge in [0.15, 0.2) is 17.0 Å². The van der Waals surface area contributed by atoms with E-state index in [0.29, 0.717) is 40.2 Å². The van der Waals surface area contributed by atoms with Crippen molar-refractivity contribution in [1.82, 2.24) is 25.0 Å². The molecule has 0 saturated carbocycles. The van der Waals surface area contributed by atoms with E-state index < -0.39 is 0 Å². The van der Waals surface area contributed by atoms with Crippen molar-refractivity contribution in [1.29, 1.82) is 0 Å². The summed E-state index contributed by atoms with van der Waals surface area (Å²) in [5.41, 5.74) is 14.0. The number of nitrogens with zero attached hydrogens (tertiary/aromatic N) is 5. The molecule has 0 spiro atoms. The second-order valence-corrected chi connectivity index (χ2v) is 5.91. The molecule has 9 nitrogen and oxygen atoms in total. The molecule has 126 valence electrons. The maximum atomic E-state index is 5.95. The first-order valence-corrected chi connectivity index (χ1v) is 7.70. The zero-order chi connectivity index (χ0) is 17.3. The van der Waals surface area contributed by atoms with Crippen molar-refractivity contribution in [3.05, 3.63) is 23.2 Å². The average Bonchev–Trinajstić information content (AvgIpc) is 2.91. The molecule has 0 bridgehead atoms. The third-order valence-electron chi connectivity index (χ3n) is 3.29. The van der Waals surface area contributed by atoms with Crippen molar-refractivity contribution in [3.8, 4) is 0 Å². The molecule has 2 heterocycles. The zero-order valence-corrected chi connectivity index (χ0v) is 14.0. The number of aromatic nitrogens is 5. The molecule has 2 aromatic heterocycles. The quantitative estimate of drug-likeness (QED) is 0.510. The van der Waals surface area contributed by atoms with Gasteiger partial charge in [0.05, 0.1) is 10.7 Å². The topological polar surface area (TPSA) is 133 Å². The van der Waals surface area contributed by atoms with Crippen LogP contribution in [0.25, 0.3) is 11.2 Å². The summed E-state index contributed by atoms with van der Waals surface area (Å²) in [5, 5.41) is 14.9. The highest BCUT2D eigenvalue weighted by Gasteiger charge is 2.14. The number of halogens is 1. The SMILES string of the molecule is CC(N)CNc1nc(Nc2ccc(Cl)c(N)c2)c2nnn(C)c2n1. The summed E-state index contributed by atoms with van der Waals surface area (Å²) in [6, 6.07) is 5.21. The number of rotatable bonds is 5. The number of fused-ring (bicyclic) bond motifs is 1. The smallest absolute Gasteiger partial charge is 0.226 e. The van der Waals surface area contributed by atoms with Crippen LogP contribution in [0.1, 0.15) is 6.92 Å². The van der Waals surface area contributed by atoms with E-state index in [-0.39, 0.29) is 6.04 Å². The Hall–Kier alpha value is -2.65. The van der Waals surface area contributed by atoms with Crippen molar-refractivity contribution < 1.29 is 0 Å². The molecule has 0 radical (unpaired) electrons. The van der Waals surface area contributed by atoms with E-state index in [4.69, 9.17) is 23.1 Å². The highest BCUT2D eigenvalue weighted by atomic mass is 35.5. The first kappa shape index (κ1) is 16.2. The van der Waals surface area contributed by atoms with Gasteiger partial charge in [0, 0.05) is 25.3 Å². The van der Waals surface area contributed by atoms with Gasteiger partial charge in [-0.05, 0) is 25.1 Å². The Morgan fingerprint density at radius 2 is 2.12 bits per heavy atom. The molecule has 0 aliphatic heterocycles. The van der Waals surface area contributed by atoms with Crippen LogP contribution in [0.5, 0.6) is 0 Å². The number of benzene rings is 1. The Morgan fingerprint density at radius 1 is 1.33 bits per heavy atom. The van der Waals surface area contributed by atoms with Crippen LogP contribution in [-0.2, 0) is 7.05 Å². The van der Waals surface area contributed by atoms with Gasteiger partial charge in [-0.1, -0.05) is 16.8 Å². The van der Waals surface area contributed by atoms with Gasteiger partial charge in [0.1, 0.15) is 0 Å². The zero-order valence-electron chi connectivity index (χ0n) is 13.3. The van der Waals surface area contributed by atoms with E-state index in [1.807, 2.05) is 6.92 Å². The molecule has 1 unspecified atom stereocenters. The van der Waals surface area contributed by atoms with Gasteiger partial charge in [-0.15, -0.1) is 5.10 Å². The molecular weight excluding hydrogens is 330 g/mol. The fourth-order valence-electron chi connectivity index (χ4n) is 2.09. The fraction of sp³-hybridized carbons (Fsp3) is 0.286. The molecule has 3 aromatic rings. The van der Waals surface area contributed by atoms with Gasteiger partial charge in [-0.3, -0.25) is 0 Å². The van der Waals surface area contributed by atoms with E-state index in [1.165, 1.54) is 0 Å². The Balaban J connectivity index is 1.99. The largest absolute Gasteiger partial charge is 0.397 e. The second kappa shape index (κ2) is 6.46. The van der Waals surface area contributed by atoms with Crippen molar-refractivity contribution >= 4 is 45.9 Å². The molecule has 6 N–H and O–H groups in total. The van der Waals surface area contributed by atoms with Crippen LogP contribution in [0, 0.1) is 0 Å². The van der Waals surface area contributed by atoms with E-state index in [1.54, 1.807) is 29.9 Å². The molecule has 24 heavy (non-hydrogen) atoms. The lowest BCUT2D eigenvalue weighted by Gasteiger charge is -2.11. The normalized spacial score (nSPS) is 12.3. The Morgan fingerprint density at radius 3 is 2.83 bits per heavy atom. The molecule has 0 aliphatic rings. The van der Waals surface area contributed by atoms with Crippen LogP contribution in [0.4, 0.5) is 23.1 Å². The minimum absolute atomic E-state index is 0.0265. The number of nitrogens with one attached hydrogen (secondary N) is 2. The summed E-state index contributed by atoms with van der Waals surface area (Å²) < 4.78 is 1.58. The van der Waals surface area contributed by atoms with Gasteiger partial charge >= 0.3 is 0 Å². The summed E-state index contributed by atoms with van der Waals surface area (Å²) in [7, 11) is 1.77. The van der Waals surface area contributed by atoms with Gasteiger partial charge in [-0.2, -0.15) is 9.97 Å². The molecule has 0 saturated heterocycles. The summed E-state index contributed by atoms with van der Waals surface area (Å²) in [5.74, 6) is 0.955. The van der Waals surface area contributed by atoms with Crippen molar-refractivity contribution in [2.75, 3.05) is 22.9 Å². The lowest BCUT2D eigenvalue weighted by atomic mass is 10.3. The Labute approximate surface area is 143 Å². The summed E-state index contributed by atoms with van der Waals surface area (Å²) in [4.78, 5) is 8.87. The van der Waals surface area contributed by atoms with Gasteiger partial charge in [0.2, 0.25) is 5.95 Å². The van der Waals surface area contributed by atoms with Crippen LogP contribution in [-0.4, -0.2) is 37.5 Å². The van der Waals surface area contributed by atoms with Crippen molar-refractivity contribution in [2.45, 2.75) is 13.0 Å². The van der Waals surface area contributed by atoms with Crippen LogP contribution in [0.3, 0.4) is 0 Å². The second-order valence-electron chi connectivity index (χ2n) is 5.50. The van der Waals surface area contributed by atoms with Crippen LogP contribution >= 0.6 is 11.6 Å². The maximum absolute atomic E-state index is 5.95. The molecular formula is C14H18ClN9. The van der Waals surface area contributed by atoms with Crippen molar-refractivity contribution in [2.24, 2.45) is 12.8 Å². The van der Waals surface area contributed by atoms with Crippen LogP contribution in [0.2, 0.25) is 5.02 Å². The molecule has 0 amide bonds. The highest BCUT2D eigenvalue weighted by Crippen LogP contribution is 2.27. The number of nitrogens with two attached hydrogens (primary N) is 2. The van der Waals surface area contributed by atoms with Crippen LogP contribution < -0.4 is 22.1 Å². The monoisotopic (exact) mass is 347 g/mol. The standard InChI is InChI=1S/C14H18ClN9/c1-7(16)6-18-14-20-12(11-13(21-14)24(2)23-22-11)19-8-3-4-9(15)10(17)5-8/h3-5,7H,6,16-17H2,1-2H3,(H2,18,19,20,21). The number of hydrogen-bond acceptors (Lipinski definition) is 8. The summed E-state index contributed by atoms with van der Waals surface area (Å²) in [6.07, 6.45) is 0. The molecule has 0 fully saturated rings.